The molecule has 0 aliphatic rings. The van der Waals surface area contributed by atoms with Crippen LogP contribution >= 0.6 is 12.2 Å². The number of nitrogens with zero attached hydrogens (tertiary/aromatic N) is 1. The van der Waals surface area contributed by atoms with E-state index in [2.05, 4.69) is 25.8 Å². The van der Waals surface area contributed by atoms with Crippen LogP contribution in [0.15, 0.2) is 18.3 Å². The SMILES string of the molecule is COC(=S)c1ccnc(C(C)(C)C)c1. The van der Waals surface area contributed by atoms with E-state index in [-0.39, 0.29) is 5.41 Å². The van der Waals surface area contributed by atoms with Gasteiger partial charge in [0.15, 0.2) is 5.05 Å². The molecule has 1 aromatic rings. The van der Waals surface area contributed by atoms with Crippen LogP contribution in [-0.4, -0.2) is 17.1 Å². The molecule has 0 spiro atoms. The van der Waals surface area contributed by atoms with Gasteiger partial charge in [0, 0.05) is 22.9 Å². The van der Waals surface area contributed by atoms with Crippen LogP contribution < -0.4 is 0 Å². The van der Waals surface area contributed by atoms with Crippen molar-refractivity contribution in [3.8, 4) is 0 Å². The van der Waals surface area contributed by atoms with E-state index >= 15 is 0 Å². The van der Waals surface area contributed by atoms with Crippen molar-refractivity contribution in [1.29, 1.82) is 0 Å². The predicted molar refractivity (Wildman–Crippen MR) is 61.6 cm³/mol. The first kappa shape index (κ1) is 11.1. The predicted octanol–water partition coefficient (Wildman–Crippen LogP) is 2.70. The molecule has 0 saturated carbocycles. The first-order chi connectivity index (χ1) is 6.45. The zero-order valence-electron chi connectivity index (χ0n) is 9.00. The lowest BCUT2D eigenvalue weighted by molar-refractivity contribution is 0.415. The first-order valence-electron chi connectivity index (χ1n) is 4.50. The van der Waals surface area contributed by atoms with Crippen molar-refractivity contribution in [2.75, 3.05) is 7.11 Å². The summed E-state index contributed by atoms with van der Waals surface area (Å²) in [5.41, 5.74) is 1.98. The van der Waals surface area contributed by atoms with Crippen LogP contribution in [0, 0.1) is 0 Å². The minimum atomic E-state index is 0.0410. The van der Waals surface area contributed by atoms with Crippen molar-refractivity contribution in [1.82, 2.24) is 4.98 Å². The largest absolute Gasteiger partial charge is 0.486 e. The molecule has 0 radical (unpaired) electrons. The van der Waals surface area contributed by atoms with E-state index in [0.29, 0.717) is 5.05 Å². The number of rotatable bonds is 1. The highest BCUT2D eigenvalue weighted by atomic mass is 32.1. The van der Waals surface area contributed by atoms with Gasteiger partial charge >= 0.3 is 0 Å². The maximum atomic E-state index is 5.05. The molecule has 2 nitrogen and oxygen atoms in total. The van der Waals surface area contributed by atoms with E-state index in [0.717, 1.165) is 11.3 Å². The molecular weight excluding hydrogens is 194 g/mol. The van der Waals surface area contributed by atoms with Crippen molar-refractivity contribution in [2.24, 2.45) is 0 Å². The van der Waals surface area contributed by atoms with Gasteiger partial charge in [0.05, 0.1) is 7.11 Å². The van der Waals surface area contributed by atoms with Crippen molar-refractivity contribution >= 4 is 17.3 Å². The minimum absolute atomic E-state index is 0.0410. The summed E-state index contributed by atoms with van der Waals surface area (Å²) in [6, 6.07) is 3.84. The molecule has 14 heavy (non-hydrogen) atoms. The summed E-state index contributed by atoms with van der Waals surface area (Å²) in [5, 5.41) is 0.512. The number of aromatic nitrogens is 1. The highest BCUT2D eigenvalue weighted by molar-refractivity contribution is 7.80. The Morgan fingerprint density at radius 3 is 2.57 bits per heavy atom. The summed E-state index contributed by atoms with van der Waals surface area (Å²) in [6.45, 7) is 6.36. The van der Waals surface area contributed by atoms with Crippen molar-refractivity contribution in [2.45, 2.75) is 26.2 Å². The fraction of sp³-hybridized carbons (Fsp3) is 0.455. The van der Waals surface area contributed by atoms with Gasteiger partial charge in [-0.15, -0.1) is 0 Å². The van der Waals surface area contributed by atoms with Gasteiger partial charge < -0.3 is 4.74 Å². The molecule has 1 heterocycles. The van der Waals surface area contributed by atoms with Gasteiger partial charge in [-0.2, -0.15) is 0 Å². The number of pyridine rings is 1. The summed E-state index contributed by atoms with van der Waals surface area (Å²) < 4.78 is 5.01. The highest BCUT2D eigenvalue weighted by Crippen LogP contribution is 2.20. The quantitative estimate of drug-likeness (QED) is 0.664. The minimum Gasteiger partial charge on any atom is -0.486 e. The fourth-order valence-corrected chi connectivity index (χ4v) is 1.21. The molecule has 0 aliphatic carbocycles. The van der Waals surface area contributed by atoms with Gasteiger partial charge in [-0.1, -0.05) is 20.8 Å². The van der Waals surface area contributed by atoms with E-state index in [9.17, 15) is 0 Å². The van der Waals surface area contributed by atoms with Crippen LogP contribution in [-0.2, 0) is 10.2 Å². The number of hydrogen-bond donors (Lipinski definition) is 0. The van der Waals surface area contributed by atoms with Crippen molar-refractivity contribution in [3.05, 3.63) is 29.6 Å². The Bertz CT molecular complexity index is 341. The second kappa shape index (κ2) is 4.05. The Morgan fingerprint density at radius 1 is 1.43 bits per heavy atom. The Balaban J connectivity index is 3.08. The first-order valence-corrected chi connectivity index (χ1v) is 4.91. The summed E-state index contributed by atoms with van der Waals surface area (Å²) in [5.74, 6) is 0. The Hall–Kier alpha value is -0.960. The molecule has 3 heteroatoms. The molecule has 0 amide bonds. The van der Waals surface area contributed by atoms with Crippen LogP contribution in [0.4, 0.5) is 0 Å². The topological polar surface area (TPSA) is 22.1 Å². The number of hydrogen-bond acceptors (Lipinski definition) is 3. The molecule has 0 unspecified atom stereocenters. The van der Waals surface area contributed by atoms with Crippen LogP contribution in [0.5, 0.6) is 0 Å². The summed E-state index contributed by atoms with van der Waals surface area (Å²) >= 11 is 5.05. The summed E-state index contributed by atoms with van der Waals surface area (Å²) in [4.78, 5) is 4.31. The molecule has 0 atom stereocenters. The van der Waals surface area contributed by atoms with Gasteiger partial charge in [-0.05, 0) is 24.4 Å². The Labute approximate surface area is 90.3 Å². The van der Waals surface area contributed by atoms with Crippen LogP contribution in [0.1, 0.15) is 32.0 Å². The van der Waals surface area contributed by atoms with Crippen LogP contribution in [0.2, 0.25) is 0 Å². The van der Waals surface area contributed by atoms with Gasteiger partial charge in [-0.3, -0.25) is 4.98 Å². The monoisotopic (exact) mass is 209 g/mol. The summed E-state index contributed by atoms with van der Waals surface area (Å²) in [7, 11) is 1.58. The Morgan fingerprint density at radius 2 is 2.07 bits per heavy atom. The second-order valence-electron chi connectivity index (χ2n) is 4.17. The second-order valence-corrected chi connectivity index (χ2v) is 4.54. The maximum absolute atomic E-state index is 5.05. The van der Waals surface area contributed by atoms with Gasteiger partial charge in [-0.25, -0.2) is 0 Å². The normalized spacial score (nSPS) is 11.1. The van der Waals surface area contributed by atoms with Crippen molar-refractivity contribution < 1.29 is 4.74 Å². The Kier molecular flexibility index (Phi) is 3.21. The number of thiocarbonyl (C=S) groups is 1. The summed E-state index contributed by atoms with van der Waals surface area (Å²) in [6.07, 6.45) is 1.77. The third-order valence-electron chi connectivity index (χ3n) is 1.95. The van der Waals surface area contributed by atoms with E-state index in [1.807, 2.05) is 12.1 Å². The average Bonchev–Trinajstić information content (AvgIpc) is 2.15. The molecule has 0 N–H and O–H groups in total. The zero-order valence-corrected chi connectivity index (χ0v) is 9.81. The van der Waals surface area contributed by atoms with Crippen LogP contribution in [0.25, 0.3) is 0 Å². The number of methoxy groups -OCH3 is 1. The van der Waals surface area contributed by atoms with E-state index in [1.165, 1.54) is 0 Å². The van der Waals surface area contributed by atoms with Crippen LogP contribution in [0.3, 0.4) is 0 Å². The number of ether oxygens (including phenoxy) is 1. The molecule has 76 valence electrons. The van der Waals surface area contributed by atoms with Gasteiger partial charge in [0.1, 0.15) is 0 Å². The molecule has 0 bridgehead atoms. The molecule has 0 aliphatic heterocycles. The lowest BCUT2D eigenvalue weighted by Gasteiger charge is -2.18. The standard InChI is InChI=1S/C11H15NOS/c1-11(2,3)9-7-8(5-6-12-9)10(14)13-4/h5-7H,1-4H3. The maximum Gasteiger partial charge on any atom is 0.190 e. The zero-order chi connectivity index (χ0) is 10.8. The lowest BCUT2D eigenvalue weighted by Crippen LogP contribution is -2.14. The molecule has 0 fully saturated rings. The smallest absolute Gasteiger partial charge is 0.190 e. The van der Waals surface area contributed by atoms with Gasteiger partial charge in [0.2, 0.25) is 0 Å². The van der Waals surface area contributed by atoms with E-state index < -0.39 is 0 Å². The van der Waals surface area contributed by atoms with Gasteiger partial charge in [0.25, 0.3) is 0 Å². The molecule has 1 rings (SSSR count). The molecular formula is C11H15NOS. The third kappa shape index (κ3) is 2.51. The third-order valence-corrected chi connectivity index (χ3v) is 2.35. The molecule has 1 aromatic heterocycles. The van der Waals surface area contributed by atoms with E-state index in [1.54, 1.807) is 13.3 Å². The lowest BCUT2D eigenvalue weighted by atomic mass is 9.91. The average molecular weight is 209 g/mol. The highest BCUT2D eigenvalue weighted by Gasteiger charge is 2.16. The van der Waals surface area contributed by atoms with E-state index in [4.69, 9.17) is 17.0 Å². The molecule has 0 aromatic carbocycles. The van der Waals surface area contributed by atoms with Crippen molar-refractivity contribution in [3.63, 3.8) is 0 Å². The fourth-order valence-electron chi connectivity index (χ4n) is 1.09. The molecule has 0 saturated heterocycles.